The number of carbonyl (C=O) groups is 3. The van der Waals surface area contributed by atoms with Crippen molar-refractivity contribution < 1.29 is 31.9 Å². The molecule has 2 atom stereocenters. The number of halogens is 9. The molecule has 4 rings (SSSR count). The molecule has 1 aliphatic rings. The van der Waals surface area contributed by atoms with Crippen molar-refractivity contribution in [3.63, 3.8) is 0 Å². The van der Waals surface area contributed by atoms with Crippen LogP contribution < -0.4 is 16.0 Å². The minimum atomic E-state index is -3.46. The van der Waals surface area contributed by atoms with Crippen LogP contribution in [0.5, 0.6) is 0 Å². The Bertz CT molecular complexity index is 1590. The zero-order chi connectivity index (χ0) is 30.4. The maximum atomic E-state index is 14.4. The van der Waals surface area contributed by atoms with Crippen molar-refractivity contribution in [1.82, 2.24) is 0 Å². The molecular formula is C26H16Cl5F4N3O3. The number of hydrogen-bond donors (Lipinski definition) is 3. The van der Waals surface area contributed by atoms with Gasteiger partial charge in [-0.15, -0.1) is 23.2 Å². The Kier molecular flexibility index (Phi) is 9.01. The Labute approximate surface area is 255 Å². The van der Waals surface area contributed by atoms with Gasteiger partial charge in [-0.3, -0.25) is 14.4 Å². The highest BCUT2D eigenvalue weighted by molar-refractivity contribution is 6.53. The number of amides is 3. The van der Waals surface area contributed by atoms with Crippen molar-refractivity contribution in [3.05, 3.63) is 85.9 Å². The molecule has 41 heavy (non-hydrogen) atoms. The summed E-state index contributed by atoms with van der Waals surface area (Å²) in [4.78, 5) is 37.4. The van der Waals surface area contributed by atoms with Crippen molar-refractivity contribution >= 4 is 92.8 Å². The van der Waals surface area contributed by atoms with E-state index in [1.165, 1.54) is 19.1 Å². The van der Waals surface area contributed by atoms with Gasteiger partial charge in [-0.25, -0.2) is 8.78 Å². The van der Waals surface area contributed by atoms with E-state index in [9.17, 15) is 31.9 Å². The Balaban J connectivity index is 1.55. The third-order valence-electron chi connectivity index (χ3n) is 6.17. The second kappa shape index (κ2) is 11.9. The predicted octanol–water partition coefficient (Wildman–Crippen LogP) is 8.22. The van der Waals surface area contributed by atoms with Gasteiger partial charge in [-0.1, -0.05) is 40.9 Å². The quantitative estimate of drug-likeness (QED) is 0.175. The van der Waals surface area contributed by atoms with Gasteiger partial charge >= 0.3 is 6.43 Å². The summed E-state index contributed by atoms with van der Waals surface area (Å²) in [5.41, 5.74) is -0.595. The molecule has 216 valence electrons. The van der Waals surface area contributed by atoms with Crippen LogP contribution in [-0.4, -0.2) is 28.5 Å². The van der Waals surface area contributed by atoms with E-state index in [1.54, 1.807) is 23.5 Å². The average Bonchev–Trinajstić information content (AvgIpc) is 3.47. The molecule has 15 heteroatoms. The number of carbonyl (C=O) groups excluding carboxylic acids is 3. The molecule has 0 aliphatic heterocycles. The van der Waals surface area contributed by atoms with Gasteiger partial charge in [0.1, 0.15) is 16.0 Å². The number of hydrogen-bond acceptors (Lipinski definition) is 3. The van der Waals surface area contributed by atoms with Crippen molar-refractivity contribution in [2.75, 3.05) is 16.0 Å². The molecule has 3 aromatic carbocycles. The second-order valence-electron chi connectivity index (χ2n) is 9.00. The van der Waals surface area contributed by atoms with Crippen LogP contribution in [0.25, 0.3) is 0 Å². The van der Waals surface area contributed by atoms with Crippen LogP contribution in [0, 0.1) is 24.5 Å². The van der Waals surface area contributed by atoms with Gasteiger partial charge in [0.2, 0.25) is 5.91 Å². The lowest BCUT2D eigenvalue weighted by molar-refractivity contribution is -0.126. The first-order chi connectivity index (χ1) is 19.1. The number of aryl methyl sites for hydroxylation is 1. The molecule has 0 unspecified atom stereocenters. The van der Waals surface area contributed by atoms with Crippen molar-refractivity contribution in [2.24, 2.45) is 5.92 Å². The van der Waals surface area contributed by atoms with Crippen molar-refractivity contribution in [1.29, 1.82) is 0 Å². The van der Waals surface area contributed by atoms with E-state index < -0.39 is 63.3 Å². The van der Waals surface area contributed by atoms with Gasteiger partial charge in [0.25, 0.3) is 11.8 Å². The minimum Gasteiger partial charge on any atom is -0.326 e. The molecule has 0 heterocycles. The zero-order valence-electron chi connectivity index (χ0n) is 20.4. The summed E-state index contributed by atoms with van der Waals surface area (Å²) >= 11 is 31.1. The SMILES string of the molecule is Cc1cc(NC(=O)[C@H]2[C@H](c3ccc(Cl)c(Cl)c3)C2(Cl)Cl)cc(C(=O)Nc2cc(NC(=O)C(F)F)c(F)cc2F)c1Cl. The lowest BCUT2D eigenvalue weighted by Gasteiger charge is -2.14. The number of nitrogens with one attached hydrogen (secondary N) is 3. The first-order valence-corrected chi connectivity index (χ1v) is 13.3. The number of benzene rings is 3. The first-order valence-electron chi connectivity index (χ1n) is 11.4. The third kappa shape index (κ3) is 6.52. The van der Waals surface area contributed by atoms with Gasteiger partial charge in [0.05, 0.1) is 37.9 Å². The Morgan fingerprint density at radius 2 is 1.49 bits per heavy atom. The van der Waals surface area contributed by atoms with Gasteiger partial charge in [0, 0.05) is 17.7 Å². The summed E-state index contributed by atoms with van der Waals surface area (Å²) in [5.74, 6) is -7.51. The van der Waals surface area contributed by atoms with Crippen molar-refractivity contribution in [2.45, 2.75) is 23.6 Å². The minimum absolute atomic E-state index is 0.0571. The molecule has 0 spiro atoms. The van der Waals surface area contributed by atoms with Gasteiger partial charge in [-0.05, 0) is 48.4 Å². The summed E-state index contributed by atoms with van der Waals surface area (Å²) in [7, 11) is 0. The van der Waals surface area contributed by atoms with E-state index in [2.05, 4.69) is 10.6 Å². The fraction of sp³-hybridized carbons (Fsp3) is 0.192. The van der Waals surface area contributed by atoms with E-state index in [4.69, 9.17) is 58.0 Å². The molecule has 6 nitrogen and oxygen atoms in total. The monoisotopic (exact) mass is 669 g/mol. The first kappa shape index (κ1) is 31.2. The highest BCUT2D eigenvalue weighted by atomic mass is 35.5. The summed E-state index contributed by atoms with van der Waals surface area (Å²) in [6, 6.07) is 8.33. The molecule has 1 aliphatic carbocycles. The Morgan fingerprint density at radius 1 is 0.854 bits per heavy atom. The van der Waals surface area contributed by atoms with Gasteiger partial charge in [0.15, 0.2) is 0 Å². The zero-order valence-corrected chi connectivity index (χ0v) is 24.2. The predicted molar refractivity (Wildman–Crippen MR) is 151 cm³/mol. The summed E-state index contributed by atoms with van der Waals surface area (Å²) in [6.07, 6.45) is -3.46. The molecule has 1 saturated carbocycles. The molecule has 0 bridgehead atoms. The van der Waals surface area contributed by atoms with E-state index in [0.717, 1.165) is 0 Å². The van der Waals surface area contributed by atoms with Crippen LogP contribution in [0.15, 0.2) is 42.5 Å². The van der Waals surface area contributed by atoms with Gasteiger partial charge < -0.3 is 16.0 Å². The van der Waals surface area contributed by atoms with Crippen LogP contribution in [0.1, 0.15) is 27.4 Å². The highest BCUT2D eigenvalue weighted by Gasteiger charge is 2.67. The molecule has 0 aromatic heterocycles. The molecule has 3 N–H and O–H groups in total. The normalized spacial score (nSPS) is 17.2. The smallest absolute Gasteiger partial charge is 0.315 e. The lowest BCUT2D eigenvalue weighted by Crippen LogP contribution is -2.21. The second-order valence-corrected chi connectivity index (χ2v) is 11.6. The highest BCUT2D eigenvalue weighted by Crippen LogP contribution is 2.65. The Hall–Kier alpha value is -2.76. The molecule has 1 fully saturated rings. The molecule has 0 radical (unpaired) electrons. The van der Waals surface area contributed by atoms with Crippen molar-refractivity contribution in [3.8, 4) is 0 Å². The lowest BCUT2D eigenvalue weighted by atomic mass is 10.1. The van der Waals surface area contributed by atoms with Gasteiger partial charge in [-0.2, -0.15) is 8.78 Å². The maximum Gasteiger partial charge on any atom is 0.315 e. The molecule has 3 aromatic rings. The fourth-order valence-corrected chi connectivity index (χ4v) is 5.45. The van der Waals surface area contributed by atoms with E-state index >= 15 is 0 Å². The third-order valence-corrected chi connectivity index (χ3v) is 8.35. The van der Waals surface area contributed by atoms with Crippen LogP contribution in [0.2, 0.25) is 15.1 Å². The summed E-state index contributed by atoms with van der Waals surface area (Å²) < 4.78 is 52.0. The largest absolute Gasteiger partial charge is 0.326 e. The van der Waals surface area contributed by atoms with Crippen LogP contribution in [-0.2, 0) is 9.59 Å². The fourth-order valence-electron chi connectivity index (χ4n) is 4.12. The Morgan fingerprint density at radius 3 is 2.10 bits per heavy atom. The molecular weight excluding hydrogens is 656 g/mol. The number of anilines is 3. The van der Waals surface area contributed by atoms with Crippen LogP contribution in [0.3, 0.4) is 0 Å². The van der Waals surface area contributed by atoms with E-state index in [-0.39, 0.29) is 21.3 Å². The van der Waals surface area contributed by atoms with E-state index in [0.29, 0.717) is 28.3 Å². The molecule has 3 amide bonds. The average molecular weight is 672 g/mol. The summed E-state index contributed by atoms with van der Waals surface area (Å²) in [5, 5.41) is 6.88. The maximum absolute atomic E-state index is 14.4. The van der Waals surface area contributed by atoms with Crippen LogP contribution >= 0.6 is 58.0 Å². The topological polar surface area (TPSA) is 87.3 Å². The standard InChI is InChI=1S/C26H16Cl5F4N3O3/c1-9-4-11(36-24(40)20-19(26(20,30)31)10-2-3-13(27)14(28)5-10)6-12(21(9)29)23(39)37-17-8-18(16(33)7-15(17)32)38-25(41)22(34)35/h2-8,19-20,22H,1H3,(H,36,40)(H,37,39)(H,38,41)/t19-,20+/m0/s1. The number of rotatable bonds is 7. The summed E-state index contributed by atoms with van der Waals surface area (Å²) in [6.45, 7) is 1.54. The number of alkyl halides is 4. The van der Waals surface area contributed by atoms with E-state index in [1.807, 2.05) is 0 Å². The molecule has 0 saturated heterocycles. The van der Waals surface area contributed by atoms with Crippen LogP contribution in [0.4, 0.5) is 34.6 Å².